The summed E-state index contributed by atoms with van der Waals surface area (Å²) in [6.45, 7) is 0.925. The lowest BCUT2D eigenvalue weighted by Crippen LogP contribution is -2.21. The summed E-state index contributed by atoms with van der Waals surface area (Å²) in [5, 5.41) is 3.30. The number of carbonyl (C=O) groups is 1. The molecule has 1 aromatic carbocycles. The van der Waals surface area contributed by atoms with Gasteiger partial charge in [-0.25, -0.2) is 4.79 Å². The number of hydrogen-bond acceptors (Lipinski definition) is 4. The van der Waals surface area contributed by atoms with E-state index in [0.717, 1.165) is 18.2 Å². The Morgan fingerprint density at radius 2 is 2.29 bits per heavy atom. The molecule has 1 aromatic rings. The van der Waals surface area contributed by atoms with Gasteiger partial charge in [0.15, 0.2) is 0 Å². The highest BCUT2D eigenvalue weighted by molar-refractivity contribution is 5.91. The number of ether oxygens (including phenoxy) is 1. The van der Waals surface area contributed by atoms with Gasteiger partial charge in [-0.1, -0.05) is 6.42 Å². The highest BCUT2D eigenvalue weighted by Crippen LogP contribution is 2.28. The van der Waals surface area contributed by atoms with Gasteiger partial charge in [0.05, 0.1) is 24.0 Å². The van der Waals surface area contributed by atoms with Gasteiger partial charge in [-0.3, -0.25) is 0 Å². The van der Waals surface area contributed by atoms with Gasteiger partial charge in [0.25, 0.3) is 0 Å². The summed E-state index contributed by atoms with van der Waals surface area (Å²) in [6.07, 6.45) is 3.89. The molecule has 0 bridgehead atoms. The van der Waals surface area contributed by atoms with Gasteiger partial charge in [0, 0.05) is 6.54 Å². The van der Waals surface area contributed by atoms with Crippen molar-refractivity contribution in [2.45, 2.75) is 19.3 Å². The van der Waals surface area contributed by atoms with Crippen molar-refractivity contribution in [3.63, 3.8) is 0 Å². The summed E-state index contributed by atoms with van der Waals surface area (Å²) >= 11 is 0. The first kappa shape index (κ1) is 11.8. The summed E-state index contributed by atoms with van der Waals surface area (Å²) in [5.41, 5.74) is 7.87. The van der Waals surface area contributed by atoms with Gasteiger partial charge < -0.3 is 15.8 Å². The molecule has 1 fully saturated rings. The number of nitrogen functional groups attached to an aromatic ring is 1. The largest absolute Gasteiger partial charge is 0.465 e. The first-order chi connectivity index (χ1) is 8.20. The van der Waals surface area contributed by atoms with E-state index in [0.29, 0.717) is 11.3 Å². The Morgan fingerprint density at radius 3 is 2.88 bits per heavy atom. The average Bonchev–Trinajstić information content (AvgIpc) is 2.28. The van der Waals surface area contributed by atoms with Crippen molar-refractivity contribution in [1.82, 2.24) is 0 Å². The highest BCUT2D eigenvalue weighted by atomic mass is 16.5. The minimum absolute atomic E-state index is 0.336. The third-order valence-corrected chi connectivity index (χ3v) is 3.28. The van der Waals surface area contributed by atoms with Gasteiger partial charge >= 0.3 is 5.97 Å². The Bertz CT molecular complexity index is 414. The fourth-order valence-corrected chi connectivity index (χ4v) is 1.91. The van der Waals surface area contributed by atoms with Gasteiger partial charge in [0.2, 0.25) is 0 Å². The zero-order chi connectivity index (χ0) is 12.3. The van der Waals surface area contributed by atoms with E-state index in [4.69, 9.17) is 5.73 Å². The molecule has 2 rings (SSSR count). The normalized spacial score (nSPS) is 15.1. The van der Waals surface area contributed by atoms with Crippen molar-refractivity contribution >= 4 is 17.3 Å². The molecule has 1 saturated carbocycles. The average molecular weight is 234 g/mol. The molecule has 0 heterocycles. The van der Waals surface area contributed by atoms with Crippen LogP contribution in [0.4, 0.5) is 11.4 Å². The Hall–Kier alpha value is -1.71. The second-order valence-corrected chi connectivity index (χ2v) is 4.47. The van der Waals surface area contributed by atoms with Gasteiger partial charge in [-0.05, 0) is 37.0 Å². The molecule has 92 valence electrons. The van der Waals surface area contributed by atoms with Gasteiger partial charge in [-0.2, -0.15) is 0 Å². The van der Waals surface area contributed by atoms with Crippen LogP contribution in [-0.4, -0.2) is 19.6 Å². The Kier molecular flexibility index (Phi) is 3.52. The van der Waals surface area contributed by atoms with Crippen molar-refractivity contribution < 1.29 is 9.53 Å². The Balaban J connectivity index is 2.05. The molecule has 0 saturated heterocycles. The lowest BCUT2D eigenvalue weighted by Gasteiger charge is -2.26. The minimum atomic E-state index is -0.336. The van der Waals surface area contributed by atoms with E-state index in [1.807, 2.05) is 0 Å². The van der Waals surface area contributed by atoms with Crippen molar-refractivity contribution in [2.24, 2.45) is 5.92 Å². The van der Waals surface area contributed by atoms with E-state index in [-0.39, 0.29) is 5.97 Å². The van der Waals surface area contributed by atoms with E-state index in [1.54, 1.807) is 18.2 Å². The molecule has 17 heavy (non-hydrogen) atoms. The smallest absolute Gasteiger partial charge is 0.337 e. The van der Waals surface area contributed by atoms with Gasteiger partial charge in [0.1, 0.15) is 0 Å². The number of benzene rings is 1. The zero-order valence-electron chi connectivity index (χ0n) is 10.0. The van der Waals surface area contributed by atoms with Crippen LogP contribution < -0.4 is 11.1 Å². The maximum Gasteiger partial charge on any atom is 0.337 e. The number of nitrogens with two attached hydrogens (primary N) is 1. The quantitative estimate of drug-likeness (QED) is 0.619. The minimum Gasteiger partial charge on any atom is -0.465 e. The molecular weight excluding hydrogens is 216 g/mol. The molecule has 4 heteroatoms. The van der Waals surface area contributed by atoms with Crippen LogP contribution in [0.1, 0.15) is 29.6 Å². The van der Waals surface area contributed by atoms with Crippen LogP contribution in [0.2, 0.25) is 0 Å². The van der Waals surface area contributed by atoms with Crippen LogP contribution in [-0.2, 0) is 4.74 Å². The molecular formula is C13H18N2O2. The van der Waals surface area contributed by atoms with E-state index < -0.39 is 0 Å². The van der Waals surface area contributed by atoms with Crippen LogP contribution in [0.15, 0.2) is 18.2 Å². The fraction of sp³-hybridized carbons (Fsp3) is 0.462. The second-order valence-electron chi connectivity index (χ2n) is 4.47. The number of anilines is 2. The Morgan fingerprint density at radius 1 is 1.53 bits per heavy atom. The summed E-state index contributed by atoms with van der Waals surface area (Å²) in [5.74, 6) is 0.410. The summed E-state index contributed by atoms with van der Waals surface area (Å²) in [6, 6.07) is 5.16. The molecule has 0 spiro atoms. The first-order valence-electron chi connectivity index (χ1n) is 5.92. The predicted octanol–water partition coefficient (Wildman–Crippen LogP) is 2.27. The number of hydrogen-bond donors (Lipinski definition) is 2. The predicted molar refractivity (Wildman–Crippen MR) is 68.0 cm³/mol. The molecule has 0 amide bonds. The number of carbonyl (C=O) groups excluding carboxylic acids is 1. The highest BCUT2D eigenvalue weighted by Gasteiger charge is 2.17. The van der Waals surface area contributed by atoms with Crippen LogP contribution in [0.5, 0.6) is 0 Å². The molecule has 4 nitrogen and oxygen atoms in total. The number of nitrogens with one attached hydrogen (secondary N) is 1. The van der Waals surface area contributed by atoms with E-state index in [1.165, 1.54) is 26.4 Å². The fourth-order valence-electron chi connectivity index (χ4n) is 1.91. The van der Waals surface area contributed by atoms with Crippen molar-refractivity contribution in [3.05, 3.63) is 23.8 Å². The van der Waals surface area contributed by atoms with Crippen LogP contribution in [0.3, 0.4) is 0 Å². The monoisotopic (exact) mass is 234 g/mol. The van der Waals surface area contributed by atoms with E-state index in [2.05, 4.69) is 10.1 Å². The molecule has 0 radical (unpaired) electrons. The standard InChI is InChI=1S/C13H18N2O2/c1-17-13(16)10-5-6-11(14)12(7-10)15-8-9-3-2-4-9/h5-7,9,15H,2-4,8,14H2,1H3. The lowest BCUT2D eigenvalue weighted by atomic mass is 9.85. The van der Waals surface area contributed by atoms with E-state index >= 15 is 0 Å². The van der Waals surface area contributed by atoms with Crippen molar-refractivity contribution in [2.75, 3.05) is 24.7 Å². The molecule has 1 aliphatic rings. The third kappa shape index (κ3) is 2.70. The molecule has 0 aromatic heterocycles. The maximum absolute atomic E-state index is 11.4. The number of rotatable bonds is 4. The van der Waals surface area contributed by atoms with Gasteiger partial charge in [-0.15, -0.1) is 0 Å². The number of methoxy groups -OCH3 is 1. The molecule has 3 N–H and O–H groups in total. The van der Waals surface area contributed by atoms with Crippen molar-refractivity contribution in [1.29, 1.82) is 0 Å². The Labute approximate surface area is 101 Å². The third-order valence-electron chi connectivity index (χ3n) is 3.28. The number of esters is 1. The summed E-state index contributed by atoms with van der Waals surface area (Å²) in [7, 11) is 1.38. The van der Waals surface area contributed by atoms with Crippen LogP contribution in [0.25, 0.3) is 0 Å². The molecule has 0 unspecified atom stereocenters. The van der Waals surface area contributed by atoms with E-state index in [9.17, 15) is 4.79 Å². The molecule has 0 atom stereocenters. The molecule has 0 aliphatic heterocycles. The maximum atomic E-state index is 11.4. The first-order valence-corrected chi connectivity index (χ1v) is 5.92. The van der Waals surface area contributed by atoms with Crippen LogP contribution in [0, 0.1) is 5.92 Å². The lowest BCUT2D eigenvalue weighted by molar-refractivity contribution is 0.0601. The van der Waals surface area contributed by atoms with Crippen molar-refractivity contribution in [3.8, 4) is 0 Å². The SMILES string of the molecule is COC(=O)c1ccc(N)c(NCC2CCC2)c1. The topological polar surface area (TPSA) is 64.3 Å². The molecule has 1 aliphatic carbocycles. The second kappa shape index (κ2) is 5.08. The zero-order valence-corrected chi connectivity index (χ0v) is 10.0. The summed E-state index contributed by atoms with van der Waals surface area (Å²) in [4.78, 5) is 11.4. The summed E-state index contributed by atoms with van der Waals surface area (Å²) < 4.78 is 4.68. The van der Waals surface area contributed by atoms with Crippen LogP contribution >= 0.6 is 0 Å².